The first kappa shape index (κ1) is 52.4. The number of rotatable bonds is 9. The summed E-state index contributed by atoms with van der Waals surface area (Å²) in [6.07, 6.45) is 6.66. The first-order valence-corrected chi connectivity index (χ1v) is 23.1. The van der Waals surface area contributed by atoms with Gasteiger partial charge in [-0.3, -0.25) is 14.4 Å². The molecule has 74 heavy (non-hydrogen) atoms. The van der Waals surface area contributed by atoms with Crippen LogP contribution >= 0.6 is 0 Å². The fraction of sp³-hybridized carbons (Fsp3) is 0.222. The molecule has 9 aromatic rings. The Morgan fingerprint density at radius 2 is 0.797 bits per heavy atom. The number of hydrogen-bond acceptors (Lipinski definition) is 13. The maximum Gasteiger partial charge on any atom is 0.347 e. The molecule has 0 aliphatic heterocycles. The number of benzene rings is 3. The summed E-state index contributed by atoms with van der Waals surface area (Å²) in [5.74, 6) is -4.64. The number of hydrogen-bond donors (Lipinski definition) is 9. The van der Waals surface area contributed by atoms with Gasteiger partial charge < -0.3 is 68.8 Å². The van der Waals surface area contributed by atoms with Crippen LogP contribution in [0.4, 0.5) is 0 Å². The van der Waals surface area contributed by atoms with Gasteiger partial charge in [0.05, 0.1) is 42.3 Å². The Kier molecular flexibility index (Phi) is 14.7. The van der Waals surface area contributed by atoms with Crippen LogP contribution in [0.3, 0.4) is 0 Å². The number of aryl methyl sites for hydroxylation is 4. The number of carboxylic acid groups (broad SMARTS) is 1. The van der Waals surface area contributed by atoms with Gasteiger partial charge in [0.15, 0.2) is 16.7 Å². The number of esters is 2. The first-order valence-electron chi connectivity index (χ1n) is 23.1. The summed E-state index contributed by atoms with van der Waals surface area (Å²) >= 11 is 0. The van der Waals surface area contributed by atoms with Crippen molar-refractivity contribution in [2.45, 2.75) is 47.0 Å². The number of fused-ring (bicyclic) bond motifs is 3. The van der Waals surface area contributed by atoms with E-state index in [9.17, 15) is 54.3 Å². The predicted molar refractivity (Wildman–Crippen MR) is 280 cm³/mol. The number of H-pyrrole nitrogens is 3. The van der Waals surface area contributed by atoms with Crippen molar-refractivity contribution in [3.05, 3.63) is 143 Å². The lowest BCUT2D eigenvalue weighted by molar-refractivity contribution is 0.0585. The summed E-state index contributed by atoms with van der Waals surface area (Å²) in [6, 6.07) is 16.3. The smallest absolute Gasteiger partial charge is 0.347 e. The van der Waals surface area contributed by atoms with E-state index >= 15 is 0 Å². The van der Waals surface area contributed by atoms with Crippen molar-refractivity contribution >= 4 is 50.6 Å². The summed E-state index contributed by atoms with van der Waals surface area (Å²) in [5.41, 5.74) is 3.53. The number of aromatic nitrogens is 6. The summed E-state index contributed by atoms with van der Waals surface area (Å²) < 4.78 is 14.9. The zero-order chi connectivity index (χ0) is 54.2. The number of aromatic amines is 3. The topological polar surface area (TPSA) is 304 Å². The number of carbonyl (C=O) groups excluding carboxylic acids is 2. The van der Waals surface area contributed by atoms with Crippen LogP contribution in [-0.2, 0) is 49.9 Å². The molecule has 6 aromatic heterocycles. The number of carboxylic acids is 1. The molecule has 6 heterocycles. The largest absolute Gasteiger partial charge is 0.507 e. The Bertz CT molecular complexity index is 3760. The highest BCUT2D eigenvalue weighted by atomic mass is 16.5. The molecule has 0 atom stereocenters. The number of nitrogens with zero attached hydrogens (tertiary/aromatic N) is 3. The first-order chi connectivity index (χ1) is 35.2. The van der Waals surface area contributed by atoms with Crippen LogP contribution in [0.15, 0.2) is 87.6 Å². The van der Waals surface area contributed by atoms with Crippen molar-refractivity contribution in [1.29, 1.82) is 0 Å². The third kappa shape index (κ3) is 8.97. The second-order valence-electron chi connectivity index (χ2n) is 17.2. The SMILES string of the molecule is CCc1c(-c2ccc3c(ccn3C)c2C)[nH]c(=O)c(C(=O)OC)c1O.CCc1c(-c2ccc3c(ccn3C)c2O)[nH]c(=O)c(C(=O)O)c1O.CCc1c(-c2ccc3c(ccn3C)c2O)[nH]c(=O)c(C(=O)OC)c1O.[HH]. The molecule has 0 saturated carbocycles. The van der Waals surface area contributed by atoms with E-state index in [0.29, 0.717) is 51.6 Å². The molecule has 0 bridgehead atoms. The zero-order valence-corrected chi connectivity index (χ0v) is 41.8. The lowest BCUT2D eigenvalue weighted by atomic mass is 9.95. The molecule has 9 rings (SSSR count). The van der Waals surface area contributed by atoms with E-state index < -0.39 is 57.2 Å². The number of phenolic OH excluding ortho intramolecular Hbond substituents is 2. The molecule has 0 unspecified atom stereocenters. The van der Waals surface area contributed by atoms with E-state index in [1.807, 2.05) is 85.4 Å². The summed E-state index contributed by atoms with van der Waals surface area (Å²) in [4.78, 5) is 79.3. The summed E-state index contributed by atoms with van der Waals surface area (Å²) in [5, 5.41) is 63.7. The Hall–Kier alpha value is -9.46. The molecule has 0 fully saturated rings. The van der Waals surface area contributed by atoms with Crippen molar-refractivity contribution in [3.63, 3.8) is 0 Å². The second-order valence-corrected chi connectivity index (χ2v) is 17.2. The molecule has 20 nitrogen and oxygen atoms in total. The molecule has 20 heteroatoms. The van der Waals surface area contributed by atoms with Gasteiger partial charge in [0, 0.05) is 96.2 Å². The number of methoxy groups -OCH3 is 2. The number of aromatic carboxylic acids is 1. The molecule has 0 aliphatic carbocycles. The number of carbonyl (C=O) groups is 3. The van der Waals surface area contributed by atoms with Crippen molar-refractivity contribution in [2.24, 2.45) is 21.1 Å². The van der Waals surface area contributed by atoms with E-state index in [4.69, 9.17) is 5.11 Å². The molecule has 386 valence electrons. The van der Waals surface area contributed by atoms with Crippen LogP contribution in [0.2, 0.25) is 0 Å². The number of pyridine rings is 3. The Morgan fingerprint density at radius 3 is 1.15 bits per heavy atom. The molecule has 0 radical (unpaired) electrons. The quantitative estimate of drug-likeness (QED) is 0.0628. The van der Waals surface area contributed by atoms with E-state index in [1.54, 1.807) is 50.4 Å². The number of ether oxygens (including phenoxy) is 2. The standard InChI is InChI=1S/C19H20N2O4.C18H18N2O5.C17H16N2O5.H2/c1-5-11-16(20-18(23)15(17(11)22)19(24)25-4)13-6-7-14-12(10(13)2)8-9-21(14)3;1-4-9-14(19-17(23)13(16(9)22)18(24)25-3)11-5-6-12-10(15(11)21)7-8-20(12)2;1-3-8-13(18-16(22)12(15(8)21)17(23)24)10-4-5-11-9(14(10)20)6-7-19(11)2;/h6-9H,5H2,1-4H3,(H2,20,22,23);5-8,21H,4H2,1-3H3,(H2,19,22,23);4-7,20H,3H2,1-2H3,(H,23,24)(H2,18,21,22);1H. The summed E-state index contributed by atoms with van der Waals surface area (Å²) in [7, 11) is 7.98. The molecular weight excluding hydrogens is 957 g/mol. The fourth-order valence-corrected chi connectivity index (χ4v) is 9.23. The molecule has 3 aromatic carbocycles. The lowest BCUT2D eigenvalue weighted by Gasteiger charge is -2.15. The van der Waals surface area contributed by atoms with Crippen LogP contribution in [0.1, 0.15) is 75.5 Å². The van der Waals surface area contributed by atoms with Gasteiger partial charge in [-0.2, -0.15) is 0 Å². The Labute approximate surface area is 422 Å². The van der Waals surface area contributed by atoms with Crippen LogP contribution in [0.25, 0.3) is 66.5 Å². The average molecular weight is 1010 g/mol. The summed E-state index contributed by atoms with van der Waals surface area (Å²) in [6.45, 7) is 7.33. The highest BCUT2D eigenvalue weighted by Gasteiger charge is 2.27. The molecular formula is C54H56N6O14. The van der Waals surface area contributed by atoms with Crippen LogP contribution in [-0.4, -0.2) is 91.4 Å². The van der Waals surface area contributed by atoms with E-state index in [2.05, 4.69) is 24.4 Å². The van der Waals surface area contributed by atoms with Gasteiger partial charge >= 0.3 is 17.9 Å². The van der Waals surface area contributed by atoms with Crippen molar-refractivity contribution < 1.29 is 55.9 Å². The average Bonchev–Trinajstić information content (AvgIpc) is 4.07. The zero-order valence-electron chi connectivity index (χ0n) is 41.8. The van der Waals surface area contributed by atoms with Crippen LogP contribution in [0.5, 0.6) is 28.7 Å². The predicted octanol–water partition coefficient (Wildman–Crippen LogP) is 7.64. The minimum atomic E-state index is -1.50. The van der Waals surface area contributed by atoms with Crippen molar-refractivity contribution in [3.8, 4) is 62.5 Å². The van der Waals surface area contributed by atoms with Gasteiger partial charge in [-0.15, -0.1) is 0 Å². The van der Waals surface area contributed by atoms with Gasteiger partial charge in [0.25, 0.3) is 16.7 Å². The van der Waals surface area contributed by atoms with Crippen LogP contribution < -0.4 is 16.7 Å². The third-order valence-corrected chi connectivity index (χ3v) is 13.1. The van der Waals surface area contributed by atoms with E-state index in [1.165, 1.54) is 7.11 Å². The number of nitrogens with one attached hydrogen (secondary N) is 3. The fourth-order valence-electron chi connectivity index (χ4n) is 9.23. The Morgan fingerprint density at radius 1 is 0.486 bits per heavy atom. The molecule has 0 spiro atoms. The van der Waals surface area contributed by atoms with Crippen molar-refractivity contribution in [1.82, 2.24) is 28.7 Å². The van der Waals surface area contributed by atoms with Gasteiger partial charge in [-0.05, 0) is 80.3 Å². The van der Waals surface area contributed by atoms with Crippen molar-refractivity contribution in [2.75, 3.05) is 14.2 Å². The number of phenols is 2. The normalized spacial score (nSPS) is 11.0. The second kappa shape index (κ2) is 20.7. The van der Waals surface area contributed by atoms with E-state index in [0.717, 1.165) is 40.2 Å². The minimum Gasteiger partial charge on any atom is -0.507 e. The highest BCUT2D eigenvalue weighted by Crippen LogP contribution is 2.41. The lowest BCUT2D eigenvalue weighted by Crippen LogP contribution is -2.21. The molecule has 0 aliphatic rings. The number of aromatic hydroxyl groups is 5. The van der Waals surface area contributed by atoms with Gasteiger partial charge in [0.1, 0.15) is 28.7 Å². The molecule has 0 amide bonds. The molecule has 9 N–H and O–H groups in total. The van der Waals surface area contributed by atoms with Gasteiger partial charge in [-0.25, -0.2) is 14.4 Å². The van der Waals surface area contributed by atoms with E-state index in [-0.39, 0.29) is 47.6 Å². The minimum absolute atomic E-state index is 0. The monoisotopic (exact) mass is 1010 g/mol. The highest BCUT2D eigenvalue weighted by molar-refractivity contribution is 5.98. The molecule has 0 saturated heterocycles. The maximum atomic E-state index is 12.4. The van der Waals surface area contributed by atoms with Gasteiger partial charge in [0.2, 0.25) is 0 Å². The van der Waals surface area contributed by atoms with Crippen LogP contribution in [0, 0.1) is 6.92 Å². The van der Waals surface area contributed by atoms with Gasteiger partial charge in [-0.1, -0.05) is 26.8 Å². The maximum absolute atomic E-state index is 12.4. The Balaban J connectivity index is 0.000000182. The third-order valence-electron chi connectivity index (χ3n) is 13.1.